The SMILES string of the molecule is CCOc1cc(C(c2ccc(Cl)cc2)N2CCCC2C(=O)O)ccc1OC. The van der Waals surface area contributed by atoms with Gasteiger partial charge in [-0.1, -0.05) is 29.8 Å². The Morgan fingerprint density at radius 3 is 2.56 bits per heavy atom. The molecule has 1 heterocycles. The van der Waals surface area contributed by atoms with Crippen LogP contribution in [-0.4, -0.2) is 42.3 Å². The lowest BCUT2D eigenvalue weighted by atomic mass is 9.96. The maximum atomic E-state index is 11.8. The molecule has 0 aromatic heterocycles. The predicted molar refractivity (Wildman–Crippen MR) is 105 cm³/mol. The predicted octanol–water partition coefficient (Wildman–Crippen LogP) is 4.39. The lowest BCUT2D eigenvalue weighted by Crippen LogP contribution is -2.39. The topological polar surface area (TPSA) is 59.0 Å². The summed E-state index contributed by atoms with van der Waals surface area (Å²) < 4.78 is 11.1. The number of likely N-dealkylation sites (tertiary alicyclic amines) is 1. The number of aliphatic carboxylic acids is 1. The Bertz CT molecular complexity index is 793. The average Bonchev–Trinajstić information content (AvgIpc) is 3.14. The molecule has 0 radical (unpaired) electrons. The third-order valence-electron chi connectivity index (χ3n) is 4.90. The van der Waals surface area contributed by atoms with Crippen molar-refractivity contribution in [3.8, 4) is 11.5 Å². The summed E-state index contributed by atoms with van der Waals surface area (Å²) in [5.41, 5.74) is 1.97. The molecule has 0 amide bonds. The van der Waals surface area contributed by atoms with E-state index in [9.17, 15) is 9.90 Å². The van der Waals surface area contributed by atoms with Gasteiger partial charge in [0, 0.05) is 11.6 Å². The van der Waals surface area contributed by atoms with Gasteiger partial charge in [0.05, 0.1) is 19.8 Å². The summed E-state index contributed by atoms with van der Waals surface area (Å²) in [6.45, 7) is 3.16. The molecule has 2 atom stereocenters. The van der Waals surface area contributed by atoms with E-state index in [1.807, 2.05) is 54.3 Å². The van der Waals surface area contributed by atoms with Gasteiger partial charge in [-0.2, -0.15) is 0 Å². The highest BCUT2D eigenvalue weighted by atomic mass is 35.5. The lowest BCUT2D eigenvalue weighted by molar-refractivity contribution is -0.142. The Hall–Kier alpha value is -2.24. The van der Waals surface area contributed by atoms with Crippen molar-refractivity contribution in [2.75, 3.05) is 20.3 Å². The van der Waals surface area contributed by atoms with Gasteiger partial charge in [0.25, 0.3) is 0 Å². The lowest BCUT2D eigenvalue weighted by Gasteiger charge is -2.32. The van der Waals surface area contributed by atoms with Gasteiger partial charge >= 0.3 is 5.97 Å². The summed E-state index contributed by atoms with van der Waals surface area (Å²) in [5, 5.41) is 10.3. The summed E-state index contributed by atoms with van der Waals surface area (Å²) in [7, 11) is 1.61. The number of nitrogens with zero attached hydrogens (tertiary/aromatic N) is 1. The Kier molecular flexibility index (Phi) is 6.24. The summed E-state index contributed by atoms with van der Waals surface area (Å²) in [5.74, 6) is 0.527. The first-order chi connectivity index (χ1) is 13.0. The van der Waals surface area contributed by atoms with Crippen LogP contribution >= 0.6 is 11.6 Å². The molecule has 1 aliphatic rings. The molecule has 3 rings (SSSR count). The average molecular weight is 390 g/mol. The van der Waals surface area contributed by atoms with E-state index < -0.39 is 12.0 Å². The van der Waals surface area contributed by atoms with E-state index in [1.54, 1.807) is 7.11 Å². The van der Waals surface area contributed by atoms with Crippen LogP contribution in [0.5, 0.6) is 11.5 Å². The Balaban J connectivity index is 2.08. The standard InChI is InChI=1S/C21H24ClNO4/c1-3-27-19-13-15(8-11-18(19)26-2)20(14-6-9-16(22)10-7-14)23-12-4-5-17(23)21(24)25/h6-11,13,17,20H,3-5,12H2,1-2H3,(H,24,25). The van der Waals surface area contributed by atoms with Crippen LogP contribution in [0.4, 0.5) is 0 Å². The molecule has 1 saturated heterocycles. The van der Waals surface area contributed by atoms with Gasteiger partial charge in [0.15, 0.2) is 11.5 Å². The molecule has 2 unspecified atom stereocenters. The van der Waals surface area contributed by atoms with Gasteiger partial charge in [0.2, 0.25) is 0 Å². The highest BCUT2D eigenvalue weighted by Crippen LogP contribution is 2.39. The fourth-order valence-corrected chi connectivity index (χ4v) is 3.84. The summed E-state index contributed by atoms with van der Waals surface area (Å²) in [6.07, 6.45) is 1.50. The third-order valence-corrected chi connectivity index (χ3v) is 5.15. The van der Waals surface area contributed by atoms with Crippen LogP contribution < -0.4 is 9.47 Å². The first kappa shape index (κ1) is 19.5. The van der Waals surface area contributed by atoms with Gasteiger partial charge in [-0.25, -0.2) is 0 Å². The normalized spacial score (nSPS) is 18.3. The van der Waals surface area contributed by atoms with Gasteiger partial charge in [-0.15, -0.1) is 0 Å². The van der Waals surface area contributed by atoms with Crippen LogP contribution in [-0.2, 0) is 4.79 Å². The number of ether oxygens (including phenoxy) is 2. The van der Waals surface area contributed by atoms with Crippen LogP contribution in [0.1, 0.15) is 36.9 Å². The van der Waals surface area contributed by atoms with Crippen molar-refractivity contribution in [2.45, 2.75) is 31.8 Å². The first-order valence-electron chi connectivity index (χ1n) is 9.10. The van der Waals surface area contributed by atoms with Gasteiger partial charge in [0.1, 0.15) is 6.04 Å². The van der Waals surface area contributed by atoms with Crippen molar-refractivity contribution in [1.29, 1.82) is 0 Å². The molecule has 0 bridgehead atoms. The van der Waals surface area contributed by atoms with Crippen molar-refractivity contribution < 1.29 is 19.4 Å². The third kappa shape index (κ3) is 4.20. The van der Waals surface area contributed by atoms with Gasteiger partial charge < -0.3 is 14.6 Å². The van der Waals surface area contributed by atoms with Crippen LogP contribution in [0.2, 0.25) is 5.02 Å². The quantitative estimate of drug-likeness (QED) is 0.761. The molecule has 144 valence electrons. The van der Waals surface area contributed by atoms with E-state index in [0.717, 1.165) is 24.1 Å². The second kappa shape index (κ2) is 8.63. The number of methoxy groups -OCH3 is 1. The summed E-state index contributed by atoms with van der Waals surface area (Å²) in [6, 6.07) is 12.7. The number of hydrogen-bond acceptors (Lipinski definition) is 4. The maximum absolute atomic E-state index is 11.8. The molecule has 1 N–H and O–H groups in total. The van der Waals surface area contributed by atoms with Gasteiger partial charge in [-0.05, 0) is 55.2 Å². The van der Waals surface area contributed by atoms with Crippen molar-refractivity contribution in [1.82, 2.24) is 4.90 Å². The number of rotatable bonds is 7. The minimum atomic E-state index is -0.787. The molecule has 0 saturated carbocycles. The second-order valence-electron chi connectivity index (χ2n) is 6.53. The number of benzene rings is 2. The Labute approximate surface area is 164 Å². The Morgan fingerprint density at radius 2 is 1.93 bits per heavy atom. The van der Waals surface area contributed by atoms with E-state index >= 15 is 0 Å². The highest BCUT2D eigenvalue weighted by Gasteiger charge is 2.37. The largest absolute Gasteiger partial charge is 0.493 e. The zero-order valence-electron chi connectivity index (χ0n) is 15.5. The Morgan fingerprint density at radius 1 is 1.22 bits per heavy atom. The highest BCUT2D eigenvalue weighted by molar-refractivity contribution is 6.30. The monoisotopic (exact) mass is 389 g/mol. The first-order valence-corrected chi connectivity index (χ1v) is 9.47. The van der Waals surface area contributed by atoms with E-state index in [0.29, 0.717) is 29.5 Å². The summed E-state index contributed by atoms with van der Waals surface area (Å²) >= 11 is 6.06. The zero-order chi connectivity index (χ0) is 19.4. The minimum Gasteiger partial charge on any atom is -0.493 e. The fraction of sp³-hybridized carbons (Fsp3) is 0.381. The summed E-state index contributed by atoms with van der Waals surface area (Å²) in [4.78, 5) is 13.8. The number of carbonyl (C=O) groups is 1. The van der Waals surface area contributed by atoms with E-state index in [-0.39, 0.29) is 6.04 Å². The molecular weight excluding hydrogens is 366 g/mol. The van der Waals surface area contributed by atoms with Crippen molar-refractivity contribution in [3.05, 3.63) is 58.6 Å². The van der Waals surface area contributed by atoms with Crippen molar-refractivity contribution in [3.63, 3.8) is 0 Å². The molecule has 27 heavy (non-hydrogen) atoms. The number of halogens is 1. The number of hydrogen-bond donors (Lipinski definition) is 1. The molecular formula is C21H24ClNO4. The number of carboxylic acid groups (broad SMARTS) is 1. The van der Waals surface area contributed by atoms with E-state index in [1.165, 1.54) is 0 Å². The second-order valence-corrected chi connectivity index (χ2v) is 6.97. The smallest absolute Gasteiger partial charge is 0.320 e. The molecule has 0 aliphatic carbocycles. The molecule has 2 aromatic carbocycles. The van der Waals surface area contributed by atoms with Crippen LogP contribution in [0, 0.1) is 0 Å². The molecule has 6 heteroatoms. The molecule has 5 nitrogen and oxygen atoms in total. The maximum Gasteiger partial charge on any atom is 0.320 e. The fourth-order valence-electron chi connectivity index (χ4n) is 3.72. The van der Waals surface area contributed by atoms with E-state index in [2.05, 4.69) is 0 Å². The zero-order valence-corrected chi connectivity index (χ0v) is 16.3. The van der Waals surface area contributed by atoms with Crippen molar-refractivity contribution >= 4 is 17.6 Å². The molecule has 0 spiro atoms. The molecule has 1 fully saturated rings. The minimum absolute atomic E-state index is 0.198. The number of carboxylic acids is 1. The van der Waals surface area contributed by atoms with Crippen LogP contribution in [0.3, 0.4) is 0 Å². The molecule has 1 aliphatic heterocycles. The van der Waals surface area contributed by atoms with Crippen molar-refractivity contribution in [2.24, 2.45) is 0 Å². The molecule has 2 aromatic rings. The van der Waals surface area contributed by atoms with Crippen LogP contribution in [0.15, 0.2) is 42.5 Å². The van der Waals surface area contributed by atoms with Gasteiger partial charge in [-0.3, -0.25) is 9.69 Å². The van der Waals surface area contributed by atoms with E-state index in [4.69, 9.17) is 21.1 Å². The van der Waals surface area contributed by atoms with Crippen LogP contribution in [0.25, 0.3) is 0 Å².